The highest BCUT2D eigenvalue weighted by atomic mass is 79.9. The van der Waals surface area contributed by atoms with Gasteiger partial charge in [-0.15, -0.1) is 0 Å². The molecular weight excluding hydrogens is 332 g/mol. The lowest BCUT2D eigenvalue weighted by molar-refractivity contribution is 0.224. The van der Waals surface area contributed by atoms with E-state index < -0.39 is 0 Å². The van der Waals surface area contributed by atoms with Crippen LogP contribution in [0.5, 0.6) is 5.75 Å². The lowest BCUT2D eigenvalue weighted by atomic mass is 10.2. The second-order valence-electron chi connectivity index (χ2n) is 4.50. The number of hydrogen-bond acceptors (Lipinski definition) is 4. The van der Waals surface area contributed by atoms with Crippen LogP contribution in [0.3, 0.4) is 0 Å². The molecule has 1 atom stereocenters. The Bertz CT molecular complexity index is 823. The van der Waals surface area contributed by atoms with E-state index in [1.54, 1.807) is 16.9 Å². The SMILES string of the molecule is CC(Oc1cc(Br)cn2ncc(C#N)c12)c1ccccn1. The molecule has 6 heteroatoms. The number of nitriles is 1. The number of nitrogens with zero attached hydrogens (tertiary/aromatic N) is 4. The van der Waals surface area contributed by atoms with Gasteiger partial charge in [0.05, 0.1) is 11.9 Å². The van der Waals surface area contributed by atoms with Crippen LogP contribution in [0, 0.1) is 11.3 Å². The number of ether oxygens (including phenoxy) is 1. The van der Waals surface area contributed by atoms with Gasteiger partial charge < -0.3 is 4.74 Å². The van der Waals surface area contributed by atoms with Gasteiger partial charge in [0.1, 0.15) is 29.0 Å². The first-order valence-corrected chi connectivity index (χ1v) is 7.13. The molecule has 21 heavy (non-hydrogen) atoms. The Morgan fingerprint density at radius 2 is 2.29 bits per heavy atom. The van der Waals surface area contributed by atoms with Crippen molar-refractivity contribution >= 4 is 21.4 Å². The minimum absolute atomic E-state index is 0.231. The van der Waals surface area contributed by atoms with E-state index in [0.717, 1.165) is 10.2 Å². The Morgan fingerprint density at radius 3 is 3.00 bits per heavy atom. The summed E-state index contributed by atoms with van der Waals surface area (Å²) in [5.74, 6) is 0.594. The zero-order valence-electron chi connectivity index (χ0n) is 11.2. The predicted octanol–water partition coefficient (Wildman–Crippen LogP) is 3.50. The Kier molecular flexibility index (Phi) is 3.59. The highest BCUT2D eigenvalue weighted by molar-refractivity contribution is 9.10. The van der Waals surface area contributed by atoms with Crippen LogP contribution in [0.4, 0.5) is 0 Å². The monoisotopic (exact) mass is 342 g/mol. The van der Waals surface area contributed by atoms with E-state index in [-0.39, 0.29) is 6.10 Å². The molecular formula is C15H11BrN4O. The van der Waals surface area contributed by atoms with Crippen LogP contribution in [0.15, 0.2) is 47.3 Å². The molecule has 104 valence electrons. The van der Waals surface area contributed by atoms with Gasteiger partial charge in [-0.25, -0.2) is 4.52 Å². The third kappa shape index (κ3) is 2.60. The number of fused-ring (bicyclic) bond motifs is 1. The molecule has 0 saturated carbocycles. The van der Waals surface area contributed by atoms with Crippen molar-refractivity contribution in [2.24, 2.45) is 0 Å². The van der Waals surface area contributed by atoms with Crippen LogP contribution in [-0.4, -0.2) is 14.6 Å². The zero-order valence-corrected chi connectivity index (χ0v) is 12.8. The first-order chi connectivity index (χ1) is 10.2. The summed E-state index contributed by atoms with van der Waals surface area (Å²) in [6, 6.07) is 9.64. The van der Waals surface area contributed by atoms with Gasteiger partial charge in [-0.3, -0.25) is 4.98 Å². The van der Waals surface area contributed by atoms with E-state index in [2.05, 4.69) is 32.1 Å². The van der Waals surface area contributed by atoms with Crippen molar-refractivity contribution in [2.75, 3.05) is 0 Å². The molecule has 0 aromatic carbocycles. The molecule has 0 aliphatic carbocycles. The minimum Gasteiger partial charge on any atom is -0.482 e. The topological polar surface area (TPSA) is 63.2 Å². The normalized spacial score (nSPS) is 12.0. The molecule has 0 N–H and O–H groups in total. The molecule has 0 bridgehead atoms. The van der Waals surface area contributed by atoms with Crippen LogP contribution >= 0.6 is 15.9 Å². The molecule has 0 saturated heterocycles. The number of rotatable bonds is 3. The molecule has 0 amide bonds. The standard InChI is InChI=1S/C15H11BrN4O/c1-10(13-4-2-3-5-18-13)21-14-6-12(16)9-20-15(14)11(7-17)8-19-20/h2-6,8-10H,1H3. The van der Waals surface area contributed by atoms with E-state index in [1.165, 1.54) is 6.20 Å². The largest absolute Gasteiger partial charge is 0.482 e. The summed E-state index contributed by atoms with van der Waals surface area (Å²) in [7, 11) is 0. The summed E-state index contributed by atoms with van der Waals surface area (Å²) < 4.78 is 8.44. The highest BCUT2D eigenvalue weighted by Gasteiger charge is 2.15. The minimum atomic E-state index is -0.231. The van der Waals surface area contributed by atoms with E-state index in [0.29, 0.717) is 16.8 Å². The lowest BCUT2D eigenvalue weighted by Crippen LogP contribution is -2.06. The summed E-state index contributed by atoms with van der Waals surface area (Å²) in [4.78, 5) is 4.28. The molecule has 0 fully saturated rings. The van der Waals surface area contributed by atoms with Gasteiger partial charge in [-0.1, -0.05) is 6.07 Å². The third-order valence-electron chi connectivity index (χ3n) is 3.07. The van der Waals surface area contributed by atoms with Crippen molar-refractivity contribution < 1.29 is 4.74 Å². The van der Waals surface area contributed by atoms with Crippen molar-refractivity contribution in [3.8, 4) is 11.8 Å². The average Bonchev–Trinajstić information content (AvgIpc) is 2.91. The molecule has 0 aliphatic heterocycles. The number of hydrogen-bond donors (Lipinski definition) is 0. The van der Waals surface area contributed by atoms with Gasteiger partial charge in [-0.2, -0.15) is 10.4 Å². The van der Waals surface area contributed by atoms with Gasteiger partial charge in [0.15, 0.2) is 0 Å². The molecule has 0 radical (unpaired) electrons. The highest BCUT2D eigenvalue weighted by Crippen LogP contribution is 2.30. The Balaban J connectivity index is 2.04. The van der Waals surface area contributed by atoms with Crippen LogP contribution in [-0.2, 0) is 0 Å². The fraction of sp³-hybridized carbons (Fsp3) is 0.133. The van der Waals surface area contributed by atoms with Crippen molar-refractivity contribution in [1.82, 2.24) is 14.6 Å². The lowest BCUT2D eigenvalue weighted by Gasteiger charge is -2.15. The predicted molar refractivity (Wildman–Crippen MR) is 80.9 cm³/mol. The molecule has 3 heterocycles. The average molecular weight is 343 g/mol. The van der Waals surface area contributed by atoms with Crippen molar-refractivity contribution in [3.63, 3.8) is 0 Å². The van der Waals surface area contributed by atoms with Crippen LogP contribution in [0.2, 0.25) is 0 Å². The van der Waals surface area contributed by atoms with Gasteiger partial charge in [0, 0.05) is 16.9 Å². The maximum atomic E-state index is 9.19. The molecule has 3 aromatic heterocycles. The fourth-order valence-electron chi connectivity index (χ4n) is 2.09. The van der Waals surface area contributed by atoms with Crippen LogP contribution < -0.4 is 4.74 Å². The summed E-state index contributed by atoms with van der Waals surface area (Å²) in [6.45, 7) is 1.92. The summed E-state index contributed by atoms with van der Waals surface area (Å²) >= 11 is 3.42. The van der Waals surface area contributed by atoms with Crippen LogP contribution in [0.1, 0.15) is 24.3 Å². The molecule has 3 rings (SSSR count). The second-order valence-corrected chi connectivity index (χ2v) is 5.42. The number of halogens is 1. The molecule has 3 aromatic rings. The van der Waals surface area contributed by atoms with E-state index in [1.807, 2.05) is 31.2 Å². The number of aromatic nitrogens is 3. The smallest absolute Gasteiger partial charge is 0.148 e. The second kappa shape index (κ2) is 5.54. The van der Waals surface area contributed by atoms with E-state index in [9.17, 15) is 5.26 Å². The maximum Gasteiger partial charge on any atom is 0.148 e. The first kappa shape index (κ1) is 13.6. The summed E-state index contributed by atoms with van der Waals surface area (Å²) in [5, 5.41) is 13.3. The van der Waals surface area contributed by atoms with E-state index in [4.69, 9.17) is 4.74 Å². The first-order valence-electron chi connectivity index (χ1n) is 6.33. The van der Waals surface area contributed by atoms with Crippen molar-refractivity contribution in [1.29, 1.82) is 5.26 Å². The molecule has 0 spiro atoms. The van der Waals surface area contributed by atoms with Gasteiger partial charge in [0.2, 0.25) is 0 Å². The zero-order chi connectivity index (χ0) is 14.8. The Hall–Kier alpha value is -2.39. The van der Waals surface area contributed by atoms with Gasteiger partial charge in [0.25, 0.3) is 0 Å². The molecule has 5 nitrogen and oxygen atoms in total. The van der Waals surface area contributed by atoms with Gasteiger partial charge >= 0.3 is 0 Å². The van der Waals surface area contributed by atoms with Crippen molar-refractivity contribution in [3.05, 3.63) is 58.6 Å². The summed E-state index contributed by atoms with van der Waals surface area (Å²) in [6.07, 6.45) is 4.81. The fourth-order valence-corrected chi connectivity index (χ4v) is 2.49. The molecule has 0 aliphatic rings. The number of pyridine rings is 2. The quantitative estimate of drug-likeness (QED) is 0.730. The van der Waals surface area contributed by atoms with Gasteiger partial charge in [-0.05, 0) is 41.1 Å². The van der Waals surface area contributed by atoms with Crippen molar-refractivity contribution in [2.45, 2.75) is 13.0 Å². The Morgan fingerprint density at radius 1 is 1.43 bits per heavy atom. The van der Waals surface area contributed by atoms with E-state index >= 15 is 0 Å². The third-order valence-corrected chi connectivity index (χ3v) is 3.51. The molecule has 1 unspecified atom stereocenters. The maximum absolute atomic E-state index is 9.19. The summed E-state index contributed by atoms with van der Waals surface area (Å²) in [5.41, 5.74) is 1.96. The van der Waals surface area contributed by atoms with Crippen LogP contribution in [0.25, 0.3) is 5.52 Å². The Labute approximate surface area is 129 Å².